The number of aliphatic hydroxyl groups excluding tert-OH is 3. The third kappa shape index (κ3) is 5.36. The predicted molar refractivity (Wildman–Crippen MR) is 127 cm³/mol. The lowest BCUT2D eigenvalue weighted by Gasteiger charge is -2.39. The number of aliphatic carboxylic acids is 1. The Balaban J connectivity index is 1.75. The number of ether oxygens (including phenoxy) is 3. The van der Waals surface area contributed by atoms with Crippen molar-refractivity contribution in [1.82, 2.24) is 0 Å². The summed E-state index contributed by atoms with van der Waals surface area (Å²) in [5.74, 6) is -8.42. The summed E-state index contributed by atoms with van der Waals surface area (Å²) in [6, 6.07) is 3.84. The van der Waals surface area contributed by atoms with Gasteiger partial charge >= 0.3 is 23.3 Å². The molecule has 16 nitrogen and oxygen atoms in total. The van der Waals surface area contributed by atoms with Gasteiger partial charge < -0.3 is 65.3 Å². The molecular weight excluding hydrogens is 544 g/mol. The van der Waals surface area contributed by atoms with E-state index in [1.54, 1.807) is 0 Å². The minimum atomic E-state index is -1.95. The molecule has 0 amide bonds. The van der Waals surface area contributed by atoms with Crippen molar-refractivity contribution in [2.75, 3.05) is 6.61 Å². The second-order valence-electron chi connectivity index (χ2n) is 8.69. The van der Waals surface area contributed by atoms with Gasteiger partial charge in [0.25, 0.3) is 0 Å². The van der Waals surface area contributed by atoms with E-state index >= 15 is 0 Å². The van der Waals surface area contributed by atoms with E-state index in [0.717, 1.165) is 24.3 Å². The SMILES string of the molecule is O=C(O)CC(=O)OCC1OC(Oc2cc3c(O)c(O)c(O)cc3[o+]c2-c2cc(O)c(O)c(O)c2)C(O)C(O)C1O. The molecule has 1 aromatic heterocycles. The zero-order chi connectivity index (χ0) is 29.5. The lowest BCUT2D eigenvalue weighted by Crippen LogP contribution is -2.60. The molecule has 40 heavy (non-hydrogen) atoms. The molecule has 0 radical (unpaired) electrons. The number of hydrogen-bond acceptors (Lipinski definition) is 14. The first kappa shape index (κ1) is 28.2. The zero-order valence-corrected chi connectivity index (χ0v) is 20.0. The van der Waals surface area contributed by atoms with Crippen LogP contribution < -0.4 is 4.74 Å². The van der Waals surface area contributed by atoms with Gasteiger partial charge in [0, 0.05) is 18.2 Å². The van der Waals surface area contributed by atoms with Crippen molar-refractivity contribution >= 4 is 22.9 Å². The number of carbonyl (C=O) groups is 2. The Morgan fingerprint density at radius 2 is 1.45 bits per heavy atom. The van der Waals surface area contributed by atoms with E-state index in [-0.39, 0.29) is 22.3 Å². The van der Waals surface area contributed by atoms with Crippen LogP contribution in [0.3, 0.4) is 0 Å². The number of esters is 1. The van der Waals surface area contributed by atoms with Gasteiger partial charge in [0.1, 0.15) is 42.8 Å². The fourth-order valence-electron chi connectivity index (χ4n) is 3.87. The fraction of sp³-hybridized carbons (Fsp3) is 0.292. The normalized spacial score (nSPS) is 22.6. The monoisotopic (exact) mass is 567 g/mol. The number of phenols is 6. The average molecular weight is 567 g/mol. The first-order valence-electron chi connectivity index (χ1n) is 11.3. The summed E-state index contributed by atoms with van der Waals surface area (Å²) in [7, 11) is 0. The molecule has 1 aliphatic heterocycles. The Morgan fingerprint density at radius 1 is 0.825 bits per heavy atom. The number of phenolic OH excluding ortho intramolecular Hbond substituents is 6. The molecule has 1 aliphatic rings. The van der Waals surface area contributed by atoms with E-state index < -0.39 is 95.9 Å². The maximum Gasteiger partial charge on any atom is 0.402 e. The molecule has 3 aromatic rings. The highest BCUT2D eigenvalue weighted by Crippen LogP contribution is 2.47. The van der Waals surface area contributed by atoms with Gasteiger partial charge in [-0.15, -0.1) is 0 Å². The summed E-state index contributed by atoms with van der Waals surface area (Å²) >= 11 is 0. The Bertz CT molecular complexity index is 1450. The molecule has 16 heteroatoms. The summed E-state index contributed by atoms with van der Waals surface area (Å²) in [6.07, 6.45) is -10.1. The van der Waals surface area contributed by atoms with Crippen LogP contribution in [0.15, 0.2) is 28.7 Å². The van der Waals surface area contributed by atoms with E-state index in [4.69, 9.17) is 23.7 Å². The summed E-state index contributed by atoms with van der Waals surface area (Å²) < 4.78 is 21.5. The zero-order valence-electron chi connectivity index (χ0n) is 20.0. The van der Waals surface area contributed by atoms with Gasteiger partial charge in [-0.2, -0.15) is 0 Å². The lowest BCUT2D eigenvalue weighted by atomic mass is 9.99. The molecule has 2 heterocycles. The average Bonchev–Trinajstić information content (AvgIpc) is 2.89. The fourth-order valence-corrected chi connectivity index (χ4v) is 3.87. The molecule has 1 saturated heterocycles. The Kier molecular flexibility index (Phi) is 7.61. The van der Waals surface area contributed by atoms with Crippen LogP contribution in [0.4, 0.5) is 0 Å². The topological polar surface area (TPSA) is 275 Å². The van der Waals surface area contributed by atoms with Crippen LogP contribution in [0.25, 0.3) is 22.3 Å². The minimum absolute atomic E-state index is 0.151. The molecule has 0 saturated carbocycles. The molecule has 1 fully saturated rings. The van der Waals surface area contributed by atoms with Crippen molar-refractivity contribution in [1.29, 1.82) is 0 Å². The first-order valence-corrected chi connectivity index (χ1v) is 11.3. The second-order valence-corrected chi connectivity index (χ2v) is 8.69. The summed E-state index contributed by atoms with van der Waals surface area (Å²) in [5.41, 5.74) is -0.396. The molecule has 0 aliphatic carbocycles. The molecule has 5 unspecified atom stereocenters. The van der Waals surface area contributed by atoms with Crippen LogP contribution >= 0.6 is 0 Å². The van der Waals surface area contributed by atoms with Crippen molar-refractivity contribution < 1.29 is 79.3 Å². The van der Waals surface area contributed by atoms with Gasteiger partial charge in [0.05, 0.1) is 11.6 Å². The van der Waals surface area contributed by atoms with Gasteiger partial charge in [0.2, 0.25) is 17.8 Å². The van der Waals surface area contributed by atoms with Crippen molar-refractivity contribution in [3.63, 3.8) is 0 Å². The van der Waals surface area contributed by atoms with Gasteiger partial charge in [-0.25, -0.2) is 4.42 Å². The highest BCUT2D eigenvalue weighted by atomic mass is 16.7. The van der Waals surface area contributed by atoms with E-state index in [0.29, 0.717) is 0 Å². The number of carboxylic acid groups (broad SMARTS) is 1. The van der Waals surface area contributed by atoms with Gasteiger partial charge in [0.15, 0.2) is 28.7 Å². The van der Waals surface area contributed by atoms with Gasteiger partial charge in [-0.05, 0) is 0 Å². The van der Waals surface area contributed by atoms with Crippen molar-refractivity contribution in [2.24, 2.45) is 0 Å². The van der Waals surface area contributed by atoms with Crippen LogP contribution in [-0.4, -0.2) is 100 Å². The molecule has 5 atom stereocenters. The van der Waals surface area contributed by atoms with Crippen LogP contribution in [0.2, 0.25) is 0 Å². The van der Waals surface area contributed by atoms with E-state index in [1.165, 1.54) is 0 Å². The number of hydrogen-bond donors (Lipinski definition) is 10. The minimum Gasteiger partial charge on any atom is -0.504 e. The quantitative estimate of drug-likeness (QED) is 0.0767. The number of rotatable bonds is 7. The Morgan fingerprint density at radius 3 is 2.08 bits per heavy atom. The number of fused-ring (bicyclic) bond motifs is 1. The van der Waals surface area contributed by atoms with Crippen molar-refractivity contribution in [3.8, 4) is 51.6 Å². The summed E-state index contributed by atoms with van der Waals surface area (Å²) in [4.78, 5) is 22.3. The Hall–Kier alpha value is -4.77. The predicted octanol–water partition coefficient (Wildman–Crippen LogP) is -0.181. The summed E-state index contributed by atoms with van der Waals surface area (Å²) in [6.45, 7) is -0.750. The van der Waals surface area contributed by atoms with Gasteiger partial charge in [-0.1, -0.05) is 0 Å². The van der Waals surface area contributed by atoms with Gasteiger partial charge in [-0.3, -0.25) is 9.59 Å². The first-order chi connectivity index (χ1) is 18.8. The highest BCUT2D eigenvalue weighted by Gasteiger charge is 2.46. The third-order valence-electron chi connectivity index (χ3n) is 5.91. The molecule has 0 spiro atoms. The standard InChI is InChI=1S/C24H22O16/c25-9-1-7(2-10(26)18(9)32)23-13(3-8-12(38-23)4-11(27)19(33)17(8)31)39-24-22(36)21(35)20(34)14(40-24)6-37-16(30)5-15(28)29/h1-4,14,20-22,24,34-36H,5-6H2,(H6-,25,26,27,28,29,31,32,33)/p+1. The molecule has 2 aromatic carbocycles. The second kappa shape index (κ2) is 10.8. The molecule has 0 bridgehead atoms. The van der Waals surface area contributed by atoms with Crippen molar-refractivity contribution in [2.45, 2.75) is 37.1 Å². The maximum absolute atomic E-state index is 11.6. The van der Waals surface area contributed by atoms with Crippen LogP contribution in [-0.2, 0) is 19.1 Å². The number of aliphatic hydroxyl groups is 3. The lowest BCUT2D eigenvalue weighted by molar-refractivity contribution is -0.278. The van der Waals surface area contributed by atoms with E-state index in [2.05, 4.69) is 0 Å². The number of aromatic hydroxyl groups is 6. The van der Waals surface area contributed by atoms with E-state index in [1.807, 2.05) is 0 Å². The van der Waals surface area contributed by atoms with Crippen molar-refractivity contribution in [3.05, 3.63) is 24.3 Å². The van der Waals surface area contributed by atoms with Crippen LogP contribution in [0, 0.1) is 0 Å². The highest BCUT2D eigenvalue weighted by molar-refractivity contribution is 5.91. The smallest absolute Gasteiger partial charge is 0.402 e. The third-order valence-corrected chi connectivity index (χ3v) is 5.91. The summed E-state index contributed by atoms with van der Waals surface area (Å²) in [5, 5.41) is 99.3. The van der Waals surface area contributed by atoms with Crippen LogP contribution in [0.5, 0.6) is 40.2 Å². The molecule has 10 N–H and O–H groups in total. The van der Waals surface area contributed by atoms with E-state index in [9.17, 15) is 55.5 Å². The maximum atomic E-state index is 11.6. The Labute approximate surface area is 222 Å². The number of benzene rings is 2. The molecule has 214 valence electrons. The molecular formula is C24H23O16+. The number of carboxylic acids is 1. The molecule has 4 rings (SSSR count). The largest absolute Gasteiger partial charge is 0.504 e. The number of carbonyl (C=O) groups excluding carboxylic acids is 1. The van der Waals surface area contributed by atoms with Crippen LogP contribution in [0.1, 0.15) is 6.42 Å².